The lowest BCUT2D eigenvalue weighted by Crippen LogP contribution is -2.24. The zero-order valence-electron chi connectivity index (χ0n) is 16.2. The molecule has 0 unspecified atom stereocenters. The topological polar surface area (TPSA) is 110 Å². The van der Waals surface area contributed by atoms with Gasteiger partial charge in [0, 0.05) is 18.0 Å². The number of thiazole rings is 1. The number of benzene rings is 2. The van der Waals surface area contributed by atoms with Crippen molar-refractivity contribution in [2.45, 2.75) is 6.54 Å². The predicted octanol–water partition coefficient (Wildman–Crippen LogP) is 2.59. The molecule has 0 atom stereocenters. The number of hydrogen-bond acceptors (Lipinski definition) is 7. The molecule has 0 spiro atoms. The Kier molecular flexibility index (Phi) is 5.22. The van der Waals surface area contributed by atoms with Gasteiger partial charge in [-0.2, -0.15) is 0 Å². The molecular weight excluding hydrogens is 424 g/mol. The molecule has 0 saturated carbocycles. The number of carbonyl (C=O) groups is 1. The van der Waals surface area contributed by atoms with Gasteiger partial charge in [-0.3, -0.25) is 9.10 Å². The summed E-state index contributed by atoms with van der Waals surface area (Å²) in [5.74, 6) is -0.253. The predicted molar refractivity (Wildman–Crippen MR) is 117 cm³/mol. The van der Waals surface area contributed by atoms with Crippen LogP contribution in [-0.4, -0.2) is 47.6 Å². The molecule has 4 rings (SSSR count). The second kappa shape index (κ2) is 7.84. The second-order valence-corrected chi connectivity index (χ2v) is 9.47. The Hall–Kier alpha value is -3.31. The molecule has 30 heavy (non-hydrogen) atoms. The van der Waals surface area contributed by atoms with Gasteiger partial charge < -0.3 is 5.32 Å². The Labute approximate surface area is 177 Å². The smallest absolute Gasteiger partial charge is 0.247 e. The maximum Gasteiger partial charge on any atom is 0.247 e. The normalized spacial score (nSPS) is 11.5. The van der Waals surface area contributed by atoms with Gasteiger partial charge in [0.25, 0.3) is 0 Å². The zero-order valence-corrected chi connectivity index (χ0v) is 17.8. The number of carbonyl (C=O) groups excluding carboxylic acids is 1. The molecule has 0 bridgehead atoms. The first-order valence-electron chi connectivity index (χ1n) is 8.89. The molecule has 9 nitrogen and oxygen atoms in total. The average Bonchev–Trinajstić information content (AvgIpc) is 3.34. The van der Waals surface area contributed by atoms with Gasteiger partial charge in [0.2, 0.25) is 15.9 Å². The molecule has 1 amide bonds. The van der Waals surface area contributed by atoms with E-state index in [0.717, 1.165) is 22.9 Å². The van der Waals surface area contributed by atoms with Crippen LogP contribution in [0.1, 0.15) is 0 Å². The monoisotopic (exact) mass is 442 g/mol. The first-order valence-corrected chi connectivity index (χ1v) is 11.6. The van der Waals surface area contributed by atoms with Gasteiger partial charge in [-0.1, -0.05) is 29.5 Å². The fourth-order valence-corrected chi connectivity index (χ4v) is 4.07. The van der Waals surface area contributed by atoms with Crippen molar-refractivity contribution in [2.75, 3.05) is 22.9 Å². The van der Waals surface area contributed by atoms with Crippen molar-refractivity contribution >= 4 is 49.1 Å². The van der Waals surface area contributed by atoms with Crippen molar-refractivity contribution in [3.63, 3.8) is 0 Å². The van der Waals surface area contributed by atoms with Gasteiger partial charge >= 0.3 is 0 Å². The third kappa shape index (κ3) is 4.16. The Morgan fingerprint density at radius 2 is 1.90 bits per heavy atom. The minimum atomic E-state index is -3.32. The van der Waals surface area contributed by atoms with Crippen molar-refractivity contribution in [1.29, 1.82) is 0 Å². The Morgan fingerprint density at radius 3 is 2.63 bits per heavy atom. The summed E-state index contributed by atoms with van der Waals surface area (Å²) >= 11 is 1.31. The van der Waals surface area contributed by atoms with Crippen LogP contribution in [0.3, 0.4) is 0 Å². The van der Waals surface area contributed by atoms with Gasteiger partial charge in [0.1, 0.15) is 12.1 Å². The van der Waals surface area contributed by atoms with Crippen LogP contribution in [-0.2, 0) is 21.4 Å². The maximum atomic E-state index is 12.4. The molecule has 2 heterocycles. The van der Waals surface area contributed by atoms with Gasteiger partial charge in [0.15, 0.2) is 5.13 Å². The molecular formula is C19H18N6O3S2. The summed E-state index contributed by atoms with van der Waals surface area (Å²) in [6.45, 7) is 0.0297. The SMILES string of the molecule is CN(c1ccc(-c2csc(NC(=O)Cn3nnc4ccccc43)n2)cc1)S(C)(=O)=O. The Bertz CT molecular complexity index is 1310. The highest BCUT2D eigenvalue weighted by Gasteiger charge is 2.14. The highest BCUT2D eigenvalue weighted by atomic mass is 32.2. The number of para-hydroxylation sites is 1. The van der Waals surface area contributed by atoms with Crippen LogP contribution < -0.4 is 9.62 Å². The minimum Gasteiger partial charge on any atom is -0.300 e. The van der Waals surface area contributed by atoms with Crippen LogP contribution in [0.4, 0.5) is 10.8 Å². The molecule has 0 saturated heterocycles. The molecule has 0 aliphatic carbocycles. The fourth-order valence-electron chi connectivity index (χ4n) is 2.83. The summed E-state index contributed by atoms with van der Waals surface area (Å²) in [7, 11) is -1.82. The molecule has 154 valence electrons. The van der Waals surface area contributed by atoms with Crippen molar-refractivity contribution in [2.24, 2.45) is 0 Å². The van der Waals surface area contributed by atoms with Crippen LogP contribution >= 0.6 is 11.3 Å². The van der Waals surface area contributed by atoms with E-state index in [2.05, 4.69) is 20.6 Å². The number of anilines is 2. The number of aromatic nitrogens is 4. The van der Waals surface area contributed by atoms with Crippen LogP contribution in [0.15, 0.2) is 53.9 Å². The number of nitrogens with one attached hydrogen (secondary N) is 1. The number of sulfonamides is 1. The van der Waals surface area contributed by atoms with Crippen LogP contribution in [0.2, 0.25) is 0 Å². The van der Waals surface area contributed by atoms with Crippen LogP contribution in [0.5, 0.6) is 0 Å². The quantitative estimate of drug-likeness (QED) is 0.491. The van der Waals surface area contributed by atoms with E-state index >= 15 is 0 Å². The maximum absolute atomic E-state index is 12.4. The number of rotatable bonds is 6. The Balaban J connectivity index is 1.44. The molecule has 2 aromatic heterocycles. The lowest BCUT2D eigenvalue weighted by Gasteiger charge is -2.16. The highest BCUT2D eigenvalue weighted by Crippen LogP contribution is 2.27. The van der Waals surface area contributed by atoms with Gasteiger partial charge in [-0.05, 0) is 24.3 Å². The van der Waals surface area contributed by atoms with Gasteiger partial charge in [0.05, 0.1) is 23.2 Å². The largest absolute Gasteiger partial charge is 0.300 e. The number of hydrogen-bond donors (Lipinski definition) is 1. The van der Waals surface area contributed by atoms with Crippen molar-refractivity contribution in [3.05, 3.63) is 53.9 Å². The van der Waals surface area contributed by atoms with E-state index < -0.39 is 10.0 Å². The number of nitrogens with zero attached hydrogens (tertiary/aromatic N) is 5. The summed E-state index contributed by atoms with van der Waals surface area (Å²) in [5.41, 5.74) is 3.58. The summed E-state index contributed by atoms with van der Waals surface area (Å²) in [4.78, 5) is 16.8. The van der Waals surface area contributed by atoms with E-state index in [9.17, 15) is 13.2 Å². The third-order valence-electron chi connectivity index (χ3n) is 4.49. The first-order chi connectivity index (χ1) is 14.3. The molecule has 0 aliphatic rings. The minimum absolute atomic E-state index is 0.0297. The van der Waals surface area contributed by atoms with E-state index in [-0.39, 0.29) is 12.5 Å². The average molecular weight is 443 g/mol. The van der Waals surface area contributed by atoms with Crippen LogP contribution in [0.25, 0.3) is 22.3 Å². The van der Waals surface area contributed by atoms with E-state index in [1.54, 1.807) is 24.3 Å². The molecule has 4 aromatic rings. The van der Waals surface area contributed by atoms with E-state index in [1.807, 2.05) is 29.6 Å². The molecule has 11 heteroatoms. The summed E-state index contributed by atoms with van der Waals surface area (Å²) in [5, 5.41) is 13.1. The standard InChI is InChI=1S/C19H18N6O3S2/c1-24(30(2,27)28)14-9-7-13(8-10-14)16-12-29-19(20-16)21-18(26)11-25-17-6-4-3-5-15(17)22-23-25/h3-10,12H,11H2,1-2H3,(H,20,21,26). The van der Waals surface area contributed by atoms with E-state index in [1.165, 1.54) is 27.4 Å². The summed E-state index contributed by atoms with van der Waals surface area (Å²) < 4.78 is 26.0. The highest BCUT2D eigenvalue weighted by molar-refractivity contribution is 7.92. The third-order valence-corrected chi connectivity index (χ3v) is 6.45. The molecule has 0 radical (unpaired) electrons. The van der Waals surface area contributed by atoms with Crippen LogP contribution in [0, 0.1) is 0 Å². The lowest BCUT2D eigenvalue weighted by molar-refractivity contribution is -0.116. The number of amides is 1. The summed E-state index contributed by atoms with van der Waals surface area (Å²) in [6, 6.07) is 14.4. The zero-order chi connectivity index (χ0) is 21.3. The molecule has 0 fully saturated rings. The Morgan fingerprint density at radius 1 is 1.17 bits per heavy atom. The van der Waals surface area contributed by atoms with Crippen molar-refractivity contribution in [3.8, 4) is 11.3 Å². The second-order valence-electron chi connectivity index (χ2n) is 6.60. The molecule has 0 aliphatic heterocycles. The van der Waals surface area contributed by atoms with E-state index in [0.29, 0.717) is 16.5 Å². The van der Waals surface area contributed by atoms with Gasteiger partial charge in [-0.25, -0.2) is 18.1 Å². The van der Waals surface area contributed by atoms with Gasteiger partial charge in [-0.15, -0.1) is 16.4 Å². The first kappa shape index (κ1) is 20.0. The van der Waals surface area contributed by atoms with Crippen molar-refractivity contribution in [1.82, 2.24) is 20.0 Å². The fraction of sp³-hybridized carbons (Fsp3) is 0.158. The summed E-state index contributed by atoms with van der Waals surface area (Å²) in [6.07, 6.45) is 1.15. The van der Waals surface area contributed by atoms with E-state index in [4.69, 9.17) is 0 Å². The molecule has 2 aromatic carbocycles. The van der Waals surface area contributed by atoms with Crippen molar-refractivity contribution < 1.29 is 13.2 Å². The molecule has 1 N–H and O–H groups in total. The number of fused-ring (bicyclic) bond motifs is 1. The lowest BCUT2D eigenvalue weighted by atomic mass is 10.1.